The number of pyridine rings is 1. The highest BCUT2D eigenvalue weighted by Gasteiger charge is 2.28. The molecule has 7 nitrogen and oxygen atoms in total. The number of alkyl halides is 1. The number of carbonyl (C=O) groups is 1. The normalized spacial score (nSPS) is 18.3. The Morgan fingerprint density at radius 1 is 1.41 bits per heavy atom. The van der Waals surface area contributed by atoms with Crippen molar-refractivity contribution in [3.63, 3.8) is 0 Å². The Kier molecular flexibility index (Phi) is 4.69. The zero-order valence-electron chi connectivity index (χ0n) is 14.9. The Morgan fingerprint density at radius 3 is 3.04 bits per heavy atom. The van der Waals surface area contributed by atoms with Crippen molar-refractivity contribution in [2.75, 3.05) is 4.90 Å². The van der Waals surface area contributed by atoms with Crippen LogP contribution in [0, 0.1) is 5.92 Å². The number of aromatic nitrogens is 4. The topological polar surface area (TPSA) is 85.0 Å². The number of anilines is 1. The Labute approximate surface area is 159 Å². The molecule has 0 saturated carbocycles. The van der Waals surface area contributed by atoms with E-state index in [1.165, 1.54) is 18.3 Å². The lowest BCUT2D eigenvalue weighted by atomic mass is 10.0. The molecule has 1 amide bonds. The number of aryl methyl sites for hydroxylation is 1. The zero-order chi connectivity index (χ0) is 19.0. The van der Waals surface area contributed by atoms with Gasteiger partial charge in [-0.25, -0.2) is 9.37 Å². The summed E-state index contributed by atoms with van der Waals surface area (Å²) in [5.41, 5.74) is 1.94. The summed E-state index contributed by atoms with van der Waals surface area (Å²) < 4.78 is 18.6. The van der Waals surface area contributed by atoms with Crippen molar-refractivity contribution in [2.45, 2.75) is 39.4 Å². The average Bonchev–Trinajstić information content (AvgIpc) is 3.31. The molecule has 1 aliphatic rings. The van der Waals surface area contributed by atoms with Crippen LogP contribution in [0.3, 0.4) is 0 Å². The first kappa shape index (κ1) is 17.7. The standard InChI is InChI=1S/C18H18FN5O2S/c1-10-3-4-12-5-6-20-7-13(12)24(18(10)25)9-15-21-8-14(27-15)17-23-22-16(26-17)11(2)19/h5-8,10-11H,3-4,9H2,1-2H3/t10-,11?/m0/s1. The van der Waals surface area contributed by atoms with E-state index in [0.29, 0.717) is 11.4 Å². The van der Waals surface area contributed by atoms with Gasteiger partial charge in [0.1, 0.15) is 9.88 Å². The first-order valence-corrected chi connectivity index (χ1v) is 9.51. The SMILES string of the molecule is CC(F)c1nnc(-c2cnc(CN3C(=O)[C@@H](C)CCc4ccncc43)s2)o1. The molecule has 0 spiro atoms. The van der Waals surface area contributed by atoms with E-state index in [1.54, 1.807) is 23.5 Å². The highest BCUT2D eigenvalue weighted by atomic mass is 32.1. The van der Waals surface area contributed by atoms with E-state index < -0.39 is 6.17 Å². The van der Waals surface area contributed by atoms with Crippen molar-refractivity contribution < 1.29 is 13.6 Å². The van der Waals surface area contributed by atoms with Crippen molar-refractivity contribution in [2.24, 2.45) is 5.92 Å². The van der Waals surface area contributed by atoms with E-state index >= 15 is 0 Å². The summed E-state index contributed by atoms with van der Waals surface area (Å²) in [6.45, 7) is 3.63. The van der Waals surface area contributed by atoms with Gasteiger partial charge in [0, 0.05) is 12.1 Å². The van der Waals surface area contributed by atoms with Crippen LogP contribution in [-0.4, -0.2) is 26.1 Å². The van der Waals surface area contributed by atoms with Gasteiger partial charge in [-0.15, -0.1) is 21.5 Å². The van der Waals surface area contributed by atoms with E-state index in [9.17, 15) is 9.18 Å². The number of halogens is 1. The summed E-state index contributed by atoms with van der Waals surface area (Å²) in [4.78, 5) is 23.8. The first-order valence-electron chi connectivity index (χ1n) is 8.69. The fraction of sp³-hybridized carbons (Fsp3) is 0.389. The summed E-state index contributed by atoms with van der Waals surface area (Å²) >= 11 is 1.35. The number of hydrogen-bond donors (Lipinski definition) is 0. The second kappa shape index (κ2) is 7.15. The number of amides is 1. The minimum Gasteiger partial charge on any atom is -0.417 e. The van der Waals surface area contributed by atoms with E-state index in [1.807, 2.05) is 13.0 Å². The van der Waals surface area contributed by atoms with Gasteiger partial charge in [0.15, 0.2) is 6.17 Å². The van der Waals surface area contributed by atoms with Gasteiger partial charge in [-0.3, -0.25) is 9.78 Å². The molecular formula is C18H18FN5O2S. The van der Waals surface area contributed by atoms with Crippen LogP contribution >= 0.6 is 11.3 Å². The van der Waals surface area contributed by atoms with E-state index in [-0.39, 0.29) is 23.6 Å². The van der Waals surface area contributed by atoms with Gasteiger partial charge in [0.2, 0.25) is 5.91 Å². The van der Waals surface area contributed by atoms with Crippen molar-refractivity contribution >= 4 is 22.9 Å². The van der Waals surface area contributed by atoms with Crippen LogP contribution in [0.25, 0.3) is 10.8 Å². The maximum atomic E-state index is 13.3. The zero-order valence-corrected chi connectivity index (χ0v) is 15.7. The maximum absolute atomic E-state index is 13.3. The Balaban J connectivity index is 1.61. The third kappa shape index (κ3) is 3.46. The van der Waals surface area contributed by atoms with Gasteiger partial charge in [0.05, 0.1) is 24.6 Å². The summed E-state index contributed by atoms with van der Waals surface area (Å²) in [5, 5.41) is 8.30. The number of nitrogens with zero attached hydrogens (tertiary/aromatic N) is 5. The van der Waals surface area contributed by atoms with Crippen LogP contribution in [0.5, 0.6) is 0 Å². The Bertz CT molecular complexity index is 970. The lowest BCUT2D eigenvalue weighted by Crippen LogP contribution is -2.33. The maximum Gasteiger partial charge on any atom is 0.259 e. The van der Waals surface area contributed by atoms with E-state index in [2.05, 4.69) is 20.2 Å². The molecule has 0 saturated heterocycles. The summed E-state index contributed by atoms with van der Waals surface area (Å²) in [7, 11) is 0. The van der Waals surface area contributed by atoms with Gasteiger partial charge in [-0.1, -0.05) is 6.92 Å². The predicted molar refractivity (Wildman–Crippen MR) is 97.8 cm³/mol. The van der Waals surface area contributed by atoms with Crippen molar-refractivity contribution in [3.05, 3.63) is 41.1 Å². The Morgan fingerprint density at radius 2 is 2.26 bits per heavy atom. The summed E-state index contributed by atoms with van der Waals surface area (Å²) in [5.74, 6) is 0.165. The smallest absolute Gasteiger partial charge is 0.259 e. The second-order valence-electron chi connectivity index (χ2n) is 6.55. The second-order valence-corrected chi connectivity index (χ2v) is 7.66. The third-order valence-electron chi connectivity index (χ3n) is 4.55. The first-order chi connectivity index (χ1) is 13.0. The molecule has 140 valence electrons. The van der Waals surface area contributed by atoms with Crippen LogP contribution in [0.2, 0.25) is 0 Å². The highest BCUT2D eigenvalue weighted by Crippen LogP contribution is 2.32. The van der Waals surface area contributed by atoms with Crippen molar-refractivity contribution in [3.8, 4) is 10.8 Å². The van der Waals surface area contributed by atoms with Crippen molar-refractivity contribution in [1.29, 1.82) is 0 Å². The molecule has 1 unspecified atom stereocenters. The van der Waals surface area contributed by atoms with Crippen LogP contribution in [-0.2, 0) is 17.8 Å². The summed E-state index contributed by atoms with van der Waals surface area (Å²) in [6.07, 6.45) is 5.41. The van der Waals surface area contributed by atoms with E-state index in [0.717, 1.165) is 29.1 Å². The molecule has 1 aliphatic heterocycles. The van der Waals surface area contributed by atoms with Crippen LogP contribution in [0.4, 0.5) is 10.1 Å². The molecule has 2 atom stereocenters. The Hall–Kier alpha value is -2.68. The van der Waals surface area contributed by atoms with Crippen molar-refractivity contribution in [1.82, 2.24) is 20.2 Å². The lowest BCUT2D eigenvalue weighted by Gasteiger charge is -2.23. The molecular weight excluding hydrogens is 369 g/mol. The number of carbonyl (C=O) groups excluding carboxylic acids is 1. The molecule has 0 aliphatic carbocycles. The quantitative estimate of drug-likeness (QED) is 0.678. The fourth-order valence-electron chi connectivity index (χ4n) is 3.03. The predicted octanol–water partition coefficient (Wildman–Crippen LogP) is 3.73. The average molecular weight is 387 g/mol. The molecule has 0 aromatic carbocycles. The molecule has 0 bridgehead atoms. The van der Waals surface area contributed by atoms with E-state index in [4.69, 9.17) is 4.42 Å². The van der Waals surface area contributed by atoms with Crippen LogP contribution in [0.15, 0.2) is 29.1 Å². The molecule has 0 N–H and O–H groups in total. The molecule has 27 heavy (non-hydrogen) atoms. The summed E-state index contributed by atoms with van der Waals surface area (Å²) in [6, 6.07) is 1.96. The van der Waals surface area contributed by atoms with Gasteiger partial charge in [-0.05, 0) is 31.4 Å². The molecule has 4 heterocycles. The minimum atomic E-state index is -1.32. The number of fused-ring (bicyclic) bond motifs is 1. The monoisotopic (exact) mass is 387 g/mol. The molecule has 3 aromatic rings. The number of rotatable bonds is 4. The molecule has 3 aromatic heterocycles. The third-order valence-corrected chi connectivity index (χ3v) is 5.52. The van der Waals surface area contributed by atoms with Gasteiger partial charge < -0.3 is 9.32 Å². The largest absolute Gasteiger partial charge is 0.417 e. The number of hydrogen-bond acceptors (Lipinski definition) is 7. The highest BCUT2D eigenvalue weighted by molar-refractivity contribution is 7.15. The van der Waals surface area contributed by atoms with Crippen LogP contribution in [0.1, 0.15) is 42.9 Å². The van der Waals surface area contributed by atoms with Gasteiger partial charge >= 0.3 is 0 Å². The fourth-order valence-corrected chi connectivity index (χ4v) is 3.85. The molecule has 4 rings (SSSR count). The molecule has 0 radical (unpaired) electrons. The van der Waals surface area contributed by atoms with Crippen LogP contribution < -0.4 is 4.90 Å². The van der Waals surface area contributed by atoms with Gasteiger partial charge in [-0.2, -0.15) is 0 Å². The molecule has 0 fully saturated rings. The number of thiazole rings is 1. The molecule has 9 heteroatoms. The lowest BCUT2D eigenvalue weighted by molar-refractivity contribution is -0.122. The van der Waals surface area contributed by atoms with Gasteiger partial charge in [0.25, 0.3) is 11.8 Å². The minimum absolute atomic E-state index is 0.0588.